The second kappa shape index (κ2) is 9.81. The number of carbonyl (C=O) groups is 1. The first-order valence-corrected chi connectivity index (χ1v) is 11.2. The number of aromatic nitrogens is 3. The van der Waals surface area contributed by atoms with Gasteiger partial charge in [-0.25, -0.2) is 4.79 Å². The molecule has 1 aromatic carbocycles. The Morgan fingerprint density at radius 1 is 1.18 bits per heavy atom. The van der Waals surface area contributed by atoms with Crippen molar-refractivity contribution in [1.29, 1.82) is 0 Å². The Labute approximate surface area is 194 Å². The number of piperidine rings is 1. The minimum Gasteiger partial charge on any atom is -0.355 e. The number of nitrogens with one attached hydrogen (secondary N) is 1. The number of rotatable bonds is 5. The van der Waals surface area contributed by atoms with Crippen molar-refractivity contribution in [3.8, 4) is 0 Å². The van der Waals surface area contributed by atoms with Gasteiger partial charge in [0, 0.05) is 55.0 Å². The molecule has 1 fully saturated rings. The van der Waals surface area contributed by atoms with Gasteiger partial charge in [0.1, 0.15) is 0 Å². The number of anilines is 2. The average molecular weight is 443 g/mol. The fraction of sp³-hybridized carbons (Fsp3) is 0.308. The third-order valence-electron chi connectivity index (χ3n) is 6.32. The lowest BCUT2D eigenvalue weighted by molar-refractivity contribution is 0.194. The molecule has 1 aliphatic heterocycles. The summed E-state index contributed by atoms with van der Waals surface area (Å²) < 4.78 is 0. The van der Waals surface area contributed by atoms with E-state index in [1.807, 2.05) is 61.4 Å². The van der Waals surface area contributed by atoms with Crippen LogP contribution in [0, 0.1) is 6.92 Å². The van der Waals surface area contributed by atoms with Crippen LogP contribution in [0.4, 0.5) is 16.3 Å². The molecule has 0 aliphatic carbocycles. The lowest BCUT2D eigenvalue weighted by atomic mass is 10.0. The van der Waals surface area contributed by atoms with Crippen LogP contribution >= 0.6 is 0 Å². The molecule has 0 radical (unpaired) electrons. The largest absolute Gasteiger partial charge is 0.355 e. The predicted molar refractivity (Wildman–Crippen MR) is 134 cm³/mol. The molecule has 3 heterocycles. The molecule has 7 nitrogen and oxygen atoms in total. The van der Waals surface area contributed by atoms with Crippen LogP contribution < -0.4 is 10.2 Å². The van der Waals surface area contributed by atoms with Crippen LogP contribution in [0.3, 0.4) is 0 Å². The van der Waals surface area contributed by atoms with E-state index in [4.69, 9.17) is 0 Å². The Morgan fingerprint density at radius 3 is 2.67 bits per heavy atom. The van der Waals surface area contributed by atoms with Crippen LogP contribution in [-0.2, 0) is 0 Å². The van der Waals surface area contributed by atoms with Gasteiger partial charge >= 0.3 is 6.03 Å². The van der Waals surface area contributed by atoms with E-state index in [-0.39, 0.29) is 12.1 Å². The number of urea groups is 1. The molecular formula is C26H30N6O. The predicted octanol–water partition coefficient (Wildman–Crippen LogP) is 5.06. The van der Waals surface area contributed by atoms with E-state index < -0.39 is 0 Å². The van der Waals surface area contributed by atoms with Crippen LogP contribution in [0.5, 0.6) is 0 Å². The summed E-state index contributed by atoms with van der Waals surface area (Å²) in [4.78, 5) is 21.2. The molecule has 1 N–H and O–H groups in total. The number of likely N-dealkylation sites (tertiary alicyclic amines) is 1. The minimum atomic E-state index is -0.0475. The normalized spacial score (nSPS) is 14.9. The number of aryl methyl sites for hydroxylation is 1. The maximum atomic E-state index is 12.8. The highest BCUT2D eigenvalue weighted by atomic mass is 16.2. The third kappa shape index (κ3) is 4.72. The highest BCUT2D eigenvalue weighted by Crippen LogP contribution is 2.30. The quantitative estimate of drug-likeness (QED) is 0.560. The molecule has 3 aromatic rings. The molecular weight excluding hydrogens is 412 g/mol. The molecule has 1 aliphatic rings. The van der Waals surface area contributed by atoms with E-state index in [0.717, 1.165) is 51.9 Å². The van der Waals surface area contributed by atoms with E-state index in [1.54, 1.807) is 12.3 Å². The van der Waals surface area contributed by atoms with Gasteiger partial charge < -0.3 is 15.1 Å². The molecule has 0 unspecified atom stereocenters. The second-order valence-electron chi connectivity index (χ2n) is 8.45. The first kappa shape index (κ1) is 22.5. The van der Waals surface area contributed by atoms with E-state index in [2.05, 4.69) is 39.0 Å². The van der Waals surface area contributed by atoms with Crippen molar-refractivity contribution in [3.63, 3.8) is 0 Å². The summed E-state index contributed by atoms with van der Waals surface area (Å²) >= 11 is 0. The Balaban J connectivity index is 1.48. The first-order valence-electron chi connectivity index (χ1n) is 11.2. The number of hydrogen-bond donors (Lipinski definition) is 1. The number of allylic oxidation sites excluding steroid dienone is 3. The van der Waals surface area contributed by atoms with Gasteiger partial charge in [-0.05, 0) is 50.0 Å². The van der Waals surface area contributed by atoms with E-state index in [1.165, 1.54) is 0 Å². The molecule has 33 heavy (non-hydrogen) atoms. The van der Waals surface area contributed by atoms with Crippen molar-refractivity contribution in [3.05, 3.63) is 72.7 Å². The summed E-state index contributed by atoms with van der Waals surface area (Å²) in [6, 6.07) is 10.0. The fourth-order valence-electron chi connectivity index (χ4n) is 4.33. The summed E-state index contributed by atoms with van der Waals surface area (Å²) in [7, 11) is 2.05. The van der Waals surface area contributed by atoms with Crippen molar-refractivity contribution >= 4 is 33.9 Å². The number of nitrogens with zero attached hydrogens (tertiary/aromatic N) is 5. The SMILES string of the molecule is C=C/C=C(\C)c1nnc(N(C)C2CCN(C(=O)Nc3ccccc3C)CC2)c2cnccc12. The van der Waals surface area contributed by atoms with Gasteiger partial charge in [0.2, 0.25) is 0 Å². The molecule has 170 valence electrons. The summed E-state index contributed by atoms with van der Waals surface area (Å²) in [5.74, 6) is 0.816. The van der Waals surface area contributed by atoms with Crippen molar-refractivity contribution < 1.29 is 4.79 Å². The molecule has 1 saturated heterocycles. The number of para-hydroxylation sites is 1. The number of amides is 2. The zero-order valence-electron chi connectivity index (χ0n) is 19.5. The fourth-order valence-corrected chi connectivity index (χ4v) is 4.33. The highest BCUT2D eigenvalue weighted by molar-refractivity contribution is 5.97. The van der Waals surface area contributed by atoms with Gasteiger partial charge in [0.15, 0.2) is 5.82 Å². The average Bonchev–Trinajstić information content (AvgIpc) is 2.84. The maximum Gasteiger partial charge on any atom is 0.321 e. The topological polar surface area (TPSA) is 74.2 Å². The molecule has 4 rings (SSSR count). The van der Waals surface area contributed by atoms with Crippen LogP contribution in [0.15, 0.2) is 61.5 Å². The molecule has 0 spiro atoms. The number of pyridine rings is 1. The Hall–Kier alpha value is -3.74. The zero-order valence-corrected chi connectivity index (χ0v) is 19.5. The summed E-state index contributed by atoms with van der Waals surface area (Å²) in [5, 5.41) is 14.1. The monoisotopic (exact) mass is 442 g/mol. The van der Waals surface area contributed by atoms with Crippen molar-refractivity contribution in [2.75, 3.05) is 30.4 Å². The van der Waals surface area contributed by atoms with Crippen LogP contribution in [0.1, 0.15) is 31.0 Å². The summed E-state index contributed by atoms with van der Waals surface area (Å²) in [5.41, 5.74) is 3.76. The van der Waals surface area contributed by atoms with Crippen molar-refractivity contribution in [2.45, 2.75) is 32.7 Å². The van der Waals surface area contributed by atoms with Crippen LogP contribution in [0.25, 0.3) is 16.3 Å². The number of carbonyl (C=O) groups excluding carboxylic acids is 1. The summed E-state index contributed by atoms with van der Waals surface area (Å²) in [6.07, 6.45) is 9.05. The van der Waals surface area contributed by atoms with Gasteiger partial charge in [-0.2, -0.15) is 0 Å². The maximum absolute atomic E-state index is 12.8. The van der Waals surface area contributed by atoms with E-state index >= 15 is 0 Å². The number of hydrogen-bond acceptors (Lipinski definition) is 5. The lowest BCUT2D eigenvalue weighted by Crippen LogP contribution is -2.47. The molecule has 0 bridgehead atoms. The molecule has 7 heteroatoms. The molecule has 0 atom stereocenters. The van der Waals surface area contributed by atoms with Gasteiger partial charge in [-0.3, -0.25) is 4.98 Å². The van der Waals surface area contributed by atoms with E-state index in [9.17, 15) is 4.79 Å². The second-order valence-corrected chi connectivity index (χ2v) is 8.45. The number of fused-ring (bicyclic) bond motifs is 1. The van der Waals surface area contributed by atoms with Gasteiger partial charge in [0.25, 0.3) is 0 Å². The minimum absolute atomic E-state index is 0.0475. The summed E-state index contributed by atoms with van der Waals surface area (Å²) in [6.45, 7) is 9.17. The van der Waals surface area contributed by atoms with Crippen LogP contribution in [-0.4, -0.2) is 52.3 Å². The van der Waals surface area contributed by atoms with Gasteiger partial charge in [-0.15, -0.1) is 10.2 Å². The Bertz CT molecular complexity index is 1200. The lowest BCUT2D eigenvalue weighted by Gasteiger charge is -2.37. The standard InChI is InChI=1S/C26H30N6O/c1-5-8-19(3)24-21-11-14-27-17-22(21)25(30-29-24)31(4)20-12-15-32(16-13-20)26(33)28-23-10-7-6-9-18(23)2/h5-11,14,17,20H,1,12-13,15-16H2,2-4H3,(H,28,33)/b19-8+. The Kier molecular flexibility index (Phi) is 6.68. The number of benzene rings is 1. The van der Waals surface area contributed by atoms with Crippen molar-refractivity contribution in [2.24, 2.45) is 0 Å². The molecule has 2 amide bonds. The smallest absolute Gasteiger partial charge is 0.321 e. The van der Waals surface area contributed by atoms with Crippen molar-refractivity contribution in [1.82, 2.24) is 20.1 Å². The molecule has 2 aromatic heterocycles. The van der Waals surface area contributed by atoms with E-state index in [0.29, 0.717) is 13.1 Å². The molecule has 0 saturated carbocycles. The highest BCUT2D eigenvalue weighted by Gasteiger charge is 2.27. The first-order chi connectivity index (χ1) is 16.0. The van der Waals surface area contributed by atoms with Crippen LogP contribution in [0.2, 0.25) is 0 Å². The van der Waals surface area contributed by atoms with Gasteiger partial charge in [-0.1, -0.05) is 36.9 Å². The zero-order chi connectivity index (χ0) is 23.4. The third-order valence-corrected chi connectivity index (χ3v) is 6.32. The Morgan fingerprint density at radius 2 is 1.94 bits per heavy atom. The van der Waals surface area contributed by atoms with Gasteiger partial charge in [0.05, 0.1) is 5.69 Å².